The molecule has 0 aromatic rings. The van der Waals surface area contributed by atoms with Gasteiger partial charge in [0.25, 0.3) is 0 Å². The highest BCUT2D eigenvalue weighted by Gasteiger charge is 2.25. The lowest BCUT2D eigenvalue weighted by molar-refractivity contribution is -0.0492. The minimum Gasteiger partial charge on any atom is -0.374 e. The highest BCUT2D eigenvalue weighted by Crippen LogP contribution is 2.18. The summed E-state index contributed by atoms with van der Waals surface area (Å²) < 4.78 is 5.99. The number of piperidine rings is 1. The van der Waals surface area contributed by atoms with Crippen LogP contribution in [0.15, 0.2) is 0 Å². The monoisotopic (exact) mass is 297 g/mol. The molecule has 0 bridgehead atoms. The molecule has 0 aromatic carbocycles. The molecule has 2 aliphatic rings. The average Bonchev–Trinajstić information content (AvgIpc) is 2.46. The van der Waals surface area contributed by atoms with Crippen LogP contribution >= 0.6 is 0 Å². The second-order valence-corrected chi connectivity index (χ2v) is 7.20. The van der Waals surface area contributed by atoms with Gasteiger partial charge in [0, 0.05) is 26.2 Å². The molecule has 1 atom stereocenters. The molecule has 2 saturated heterocycles. The van der Waals surface area contributed by atoms with Gasteiger partial charge >= 0.3 is 0 Å². The summed E-state index contributed by atoms with van der Waals surface area (Å²) in [4.78, 5) is 5.20. The average molecular weight is 297 g/mol. The first-order valence-electron chi connectivity index (χ1n) is 8.94. The zero-order valence-corrected chi connectivity index (χ0v) is 14.3. The molecular weight excluding hydrogens is 262 g/mol. The maximum absolute atomic E-state index is 5.99. The van der Waals surface area contributed by atoms with Crippen LogP contribution in [0.1, 0.15) is 33.6 Å². The zero-order valence-electron chi connectivity index (χ0n) is 14.3. The predicted molar refractivity (Wildman–Crippen MR) is 88.7 cm³/mol. The molecule has 21 heavy (non-hydrogen) atoms. The Bertz CT molecular complexity index is 277. The number of hydrogen-bond donors (Lipinski definition) is 1. The summed E-state index contributed by atoms with van der Waals surface area (Å²) >= 11 is 0. The Morgan fingerprint density at radius 3 is 2.57 bits per heavy atom. The molecule has 0 amide bonds. The molecule has 0 aliphatic carbocycles. The molecule has 0 aromatic heterocycles. The quantitative estimate of drug-likeness (QED) is 0.773. The molecule has 124 valence electrons. The predicted octanol–water partition coefficient (Wildman–Crippen LogP) is 1.66. The van der Waals surface area contributed by atoms with E-state index in [-0.39, 0.29) is 0 Å². The van der Waals surface area contributed by atoms with Crippen LogP contribution in [-0.2, 0) is 4.74 Å². The summed E-state index contributed by atoms with van der Waals surface area (Å²) in [6.45, 7) is 17.1. The van der Waals surface area contributed by atoms with Crippen LogP contribution in [-0.4, -0.2) is 74.9 Å². The van der Waals surface area contributed by atoms with E-state index in [2.05, 4.69) is 35.9 Å². The maximum Gasteiger partial charge on any atom is 0.0829 e. The zero-order chi connectivity index (χ0) is 15.1. The third kappa shape index (κ3) is 6.23. The molecule has 2 fully saturated rings. The van der Waals surface area contributed by atoms with Crippen LogP contribution in [0.3, 0.4) is 0 Å². The van der Waals surface area contributed by atoms with Gasteiger partial charge in [-0.05, 0) is 50.9 Å². The number of rotatable bonds is 7. The Hall–Kier alpha value is -0.160. The standard InChI is InChI=1S/C17H35N3O/c1-4-18-11-16-5-7-19(8-6-16)13-17-14-20(9-10-21-17)12-15(2)3/h15-18H,4-14H2,1-3H3. The molecule has 2 aliphatic heterocycles. The van der Waals surface area contributed by atoms with Crippen molar-refractivity contribution < 1.29 is 4.74 Å². The van der Waals surface area contributed by atoms with Crippen molar-refractivity contribution >= 4 is 0 Å². The van der Waals surface area contributed by atoms with Gasteiger partial charge in [-0.1, -0.05) is 20.8 Å². The largest absolute Gasteiger partial charge is 0.374 e. The molecule has 0 spiro atoms. The smallest absolute Gasteiger partial charge is 0.0829 e. The van der Waals surface area contributed by atoms with Crippen molar-refractivity contribution in [3.8, 4) is 0 Å². The molecule has 2 heterocycles. The maximum atomic E-state index is 5.99. The number of likely N-dealkylation sites (tertiary alicyclic amines) is 1. The topological polar surface area (TPSA) is 27.7 Å². The summed E-state index contributed by atoms with van der Waals surface area (Å²) in [5.41, 5.74) is 0. The van der Waals surface area contributed by atoms with Crippen LogP contribution in [0, 0.1) is 11.8 Å². The second-order valence-electron chi connectivity index (χ2n) is 7.20. The van der Waals surface area contributed by atoms with E-state index in [1.54, 1.807) is 0 Å². The van der Waals surface area contributed by atoms with Crippen LogP contribution in [0.5, 0.6) is 0 Å². The van der Waals surface area contributed by atoms with E-state index in [1.807, 2.05) is 0 Å². The number of hydrogen-bond acceptors (Lipinski definition) is 4. The summed E-state index contributed by atoms with van der Waals surface area (Å²) in [5.74, 6) is 1.64. The van der Waals surface area contributed by atoms with Gasteiger partial charge in [0.1, 0.15) is 0 Å². The first-order chi connectivity index (χ1) is 10.2. The van der Waals surface area contributed by atoms with Gasteiger partial charge in [-0.15, -0.1) is 0 Å². The third-order valence-electron chi connectivity index (χ3n) is 4.70. The number of nitrogens with zero attached hydrogens (tertiary/aromatic N) is 2. The van der Waals surface area contributed by atoms with Gasteiger partial charge in [0.15, 0.2) is 0 Å². The summed E-state index contributed by atoms with van der Waals surface area (Å²) in [6.07, 6.45) is 3.10. The SMILES string of the molecule is CCNCC1CCN(CC2CN(CC(C)C)CCO2)CC1. The molecule has 1 N–H and O–H groups in total. The normalized spacial score (nSPS) is 26.6. The fourth-order valence-electron chi connectivity index (χ4n) is 3.58. The fraction of sp³-hybridized carbons (Fsp3) is 1.00. The van der Waals surface area contributed by atoms with E-state index < -0.39 is 0 Å². The van der Waals surface area contributed by atoms with Crippen LogP contribution in [0.2, 0.25) is 0 Å². The van der Waals surface area contributed by atoms with Crippen molar-refractivity contribution in [1.82, 2.24) is 15.1 Å². The van der Waals surface area contributed by atoms with Gasteiger partial charge in [-0.25, -0.2) is 0 Å². The Balaban J connectivity index is 1.66. The molecule has 1 unspecified atom stereocenters. The number of ether oxygens (including phenoxy) is 1. The van der Waals surface area contributed by atoms with Gasteiger partial charge in [0.05, 0.1) is 12.7 Å². The van der Waals surface area contributed by atoms with Crippen molar-refractivity contribution in [3.63, 3.8) is 0 Å². The van der Waals surface area contributed by atoms with E-state index in [0.29, 0.717) is 6.10 Å². The Kier molecular flexibility index (Phi) is 7.44. The lowest BCUT2D eigenvalue weighted by Gasteiger charge is -2.38. The highest BCUT2D eigenvalue weighted by atomic mass is 16.5. The number of nitrogens with one attached hydrogen (secondary N) is 1. The first-order valence-corrected chi connectivity index (χ1v) is 8.94. The molecule has 0 saturated carbocycles. The van der Waals surface area contributed by atoms with Gasteiger partial charge < -0.3 is 15.0 Å². The van der Waals surface area contributed by atoms with Crippen molar-refractivity contribution in [2.45, 2.75) is 39.7 Å². The van der Waals surface area contributed by atoms with Crippen LogP contribution < -0.4 is 5.32 Å². The lowest BCUT2D eigenvalue weighted by atomic mass is 9.96. The van der Waals surface area contributed by atoms with Crippen LogP contribution in [0.4, 0.5) is 0 Å². The number of morpholine rings is 1. The van der Waals surface area contributed by atoms with Gasteiger partial charge in [-0.3, -0.25) is 4.90 Å². The minimum absolute atomic E-state index is 0.419. The van der Waals surface area contributed by atoms with Gasteiger partial charge in [0.2, 0.25) is 0 Å². The molecule has 4 nitrogen and oxygen atoms in total. The molecular formula is C17H35N3O. The van der Waals surface area contributed by atoms with Crippen LogP contribution in [0.25, 0.3) is 0 Å². The van der Waals surface area contributed by atoms with E-state index in [1.165, 1.54) is 39.0 Å². The van der Waals surface area contributed by atoms with E-state index >= 15 is 0 Å². The summed E-state index contributed by atoms with van der Waals surface area (Å²) in [5, 5.41) is 3.49. The summed E-state index contributed by atoms with van der Waals surface area (Å²) in [6, 6.07) is 0. The van der Waals surface area contributed by atoms with Gasteiger partial charge in [-0.2, -0.15) is 0 Å². The van der Waals surface area contributed by atoms with Crippen molar-refractivity contribution in [1.29, 1.82) is 0 Å². The van der Waals surface area contributed by atoms with Crippen molar-refractivity contribution in [2.24, 2.45) is 11.8 Å². The lowest BCUT2D eigenvalue weighted by Crippen LogP contribution is -2.50. The highest BCUT2D eigenvalue weighted by molar-refractivity contribution is 4.79. The summed E-state index contributed by atoms with van der Waals surface area (Å²) in [7, 11) is 0. The van der Waals surface area contributed by atoms with Crippen molar-refractivity contribution in [3.05, 3.63) is 0 Å². The molecule has 2 rings (SSSR count). The second kappa shape index (κ2) is 9.09. The van der Waals surface area contributed by atoms with E-state index in [0.717, 1.165) is 44.6 Å². The Morgan fingerprint density at radius 2 is 1.90 bits per heavy atom. The van der Waals surface area contributed by atoms with E-state index in [4.69, 9.17) is 4.74 Å². The van der Waals surface area contributed by atoms with Crippen molar-refractivity contribution in [2.75, 3.05) is 59.0 Å². The third-order valence-corrected chi connectivity index (χ3v) is 4.70. The molecule has 0 radical (unpaired) electrons. The first kappa shape index (κ1) is 17.2. The minimum atomic E-state index is 0.419. The fourth-order valence-corrected chi connectivity index (χ4v) is 3.58. The Morgan fingerprint density at radius 1 is 1.14 bits per heavy atom. The molecule has 4 heteroatoms. The Labute approximate surface area is 131 Å². The van der Waals surface area contributed by atoms with E-state index in [9.17, 15) is 0 Å².